The first-order valence-electron chi connectivity index (χ1n) is 7.06. The summed E-state index contributed by atoms with van der Waals surface area (Å²) >= 11 is 0. The van der Waals surface area contributed by atoms with Crippen LogP contribution in [0.15, 0.2) is 0 Å². The van der Waals surface area contributed by atoms with Crippen LogP contribution >= 0.6 is 0 Å². The van der Waals surface area contributed by atoms with Gasteiger partial charge in [0, 0.05) is 18.3 Å². The maximum atomic E-state index is 12.2. The monoisotopic (exact) mass is 288 g/mol. The molecule has 0 aromatic carbocycles. The molecule has 110 valence electrons. The molecule has 1 N–H and O–H groups in total. The van der Waals surface area contributed by atoms with Gasteiger partial charge in [-0.05, 0) is 45.1 Å². The van der Waals surface area contributed by atoms with Gasteiger partial charge in [-0.2, -0.15) is 0 Å². The number of nitrogens with one attached hydrogen (secondary N) is 1. The summed E-state index contributed by atoms with van der Waals surface area (Å²) in [5.41, 5.74) is 0. The first kappa shape index (κ1) is 14.8. The molecule has 0 spiro atoms. The van der Waals surface area contributed by atoms with Gasteiger partial charge < -0.3 is 10.2 Å². The van der Waals surface area contributed by atoms with E-state index in [1.807, 2.05) is 6.92 Å². The number of sulfone groups is 1. The van der Waals surface area contributed by atoms with Crippen molar-refractivity contribution in [3.8, 4) is 0 Å². The molecule has 0 aromatic rings. The zero-order valence-corrected chi connectivity index (χ0v) is 12.6. The normalized spacial score (nSPS) is 21.2. The highest BCUT2D eigenvalue weighted by Crippen LogP contribution is 2.29. The van der Waals surface area contributed by atoms with E-state index in [9.17, 15) is 13.2 Å². The summed E-state index contributed by atoms with van der Waals surface area (Å²) in [5, 5.41) is 3.19. The van der Waals surface area contributed by atoms with Crippen molar-refractivity contribution in [2.75, 3.05) is 25.1 Å². The third kappa shape index (κ3) is 5.10. The molecule has 2 rings (SSSR count). The highest BCUT2D eigenvalue weighted by Gasteiger charge is 2.36. The van der Waals surface area contributed by atoms with Crippen LogP contribution in [0.3, 0.4) is 0 Å². The number of carbonyl (C=O) groups excluding carboxylic acids is 1. The molecule has 0 saturated heterocycles. The minimum atomic E-state index is -3.05. The largest absolute Gasteiger partial charge is 0.335 e. The van der Waals surface area contributed by atoms with Crippen molar-refractivity contribution in [1.82, 2.24) is 10.2 Å². The molecule has 2 fully saturated rings. The van der Waals surface area contributed by atoms with Crippen LogP contribution < -0.4 is 5.32 Å². The summed E-state index contributed by atoms with van der Waals surface area (Å²) in [4.78, 5) is 14.0. The van der Waals surface area contributed by atoms with Crippen LogP contribution in [-0.2, 0) is 14.6 Å². The molecule has 0 radical (unpaired) electrons. The van der Waals surface area contributed by atoms with Gasteiger partial charge >= 0.3 is 0 Å². The fourth-order valence-corrected chi connectivity index (χ4v) is 3.51. The van der Waals surface area contributed by atoms with Crippen LogP contribution in [0.25, 0.3) is 0 Å². The lowest BCUT2D eigenvalue weighted by molar-refractivity contribution is -0.132. The second kappa shape index (κ2) is 5.79. The molecule has 5 nitrogen and oxygen atoms in total. The molecule has 0 aliphatic heterocycles. The lowest BCUT2D eigenvalue weighted by atomic mass is 10.3. The molecule has 2 saturated carbocycles. The Hall–Kier alpha value is -0.620. The van der Waals surface area contributed by atoms with Crippen molar-refractivity contribution in [3.05, 3.63) is 0 Å². The van der Waals surface area contributed by atoms with E-state index in [0.717, 1.165) is 25.3 Å². The number of amides is 1. The van der Waals surface area contributed by atoms with Crippen LogP contribution in [-0.4, -0.2) is 56.4 Å². The fraction of sp³-hybridized carbons (Fsp3) is 0.923. The summed E-state index contributed by atoms with van der Waals surface area (Å²) in [6, 6.07) is 0.0321. The number of carbonyl (C=O) groups is 1. The Morgan fingerprint density at radius 3 is 2.42 bits per heavy atom. The molecule has 1 atom stereocenters. The summed E-state index contributed by atoms with van der Waals surface area (Å²) < 4.78 is 22.7. The van der Waals surface area contributed by atoms with E-state index in [2.05, 4.69) is 5.32 Å². The van der Waals surface area contributed by atoms with Gasteiger partial charge in [0.2, 0.25) is 5.91 Å². The highest BCUT2D eigenvalue weighted by molar-refractivity contribution is 7.90. The molecule has 19 heavy (non-hydrogen) atoms. The van der Waals surface area contributed by atoms with Gasteiger partial charge in [-0.15, -0.1) is 0 Å². The molecule has 0 bridgehead atoms. The Bertz CT molecular complexity index is 427. The minimum absolute atomic E-state index is 0.0410. The number of rotatable bonds is 8. The van der Waals surface area contributed by atoms with Crippen molar-refractivity contribution < 1.29 is 13.2 Å². The maximum Gasteiger partial charge on any atom is 0.237 e. The van der Waals surface area contributed by atoms with E-state index in [4.69, 9.17) is 0 Å². The number of nitrogens with zero attached hydrogens (tertiary/aromatic N) is 1. The van der Waals surface area contributed by atoms with Gasteiger partial charge in [0.15, 0.2) is 0 Å². The lowest BCUT2D eigenvalue weighted by Crippen LogP contribution is -2.47. The van der Waals surface area contributed by atoms with Crippen molar-refractivity contribution in [2.24, 2.45) is 5.92 Å². The molecule has 1 amide bonds. The molecule has 6 heteroatoms. The summed E-state index contributed by atoms with van der Waals surface area (Å²) in [5.74, 6) is 0.840. The Morgan fingerprint density at radius 2 is 1.95 bits per heavy atom. The first-order valence-corrected chi connectivity index (χ1v) is 9.12. The summed E-state index contributed by atoms with van der Waals surface area (Å²) in [7, 11) is -3.05. The zero-order valence-electron chi connectivity index (χ0n) is 11.8. The van der Waals surface area contributed by atoms with Gasteiger partial charge in [0.05, 0.1) is 12.3 Å². The van der Waals surface area contributed by atoms with Crippen molar-refractivity contribution in [1.29, 1.82) is 0 Å². The van der Waals surface area contributed by atoms with E-state index in [-0.39, 0.29) is 23.7 Å². The van der Waals surface area contributed by atoms with Crippen molar-refractivity contribution in [2.45, 2.75) is 44.7 Å². The molecule has 2 aliphatic rings. The Balaban J connectivity index is 1.84. The van der Waals surface area contributed by atoms with E-state index in [0.29, 0.717) is 6.54 Å². The highest BCUT2D eigenvalue weighted by atomic mass is 32.2. The average molecular weight is 288 g/mol. The van der Waals surface area contributed by atoms with Gasteiger partial charge in [0.1, 0.15) is 9.84 Å². The van der Waals surface area contributed by atoms with Crippen molar-refractivity contribution >= 4 is 15.7 Å². The molecular weight excluding hydrogens is 264 g/mol. The molecule has 0 aromatic heterocycles. The molecule has 2 aliphatic carbocycles. The van der Waals surface area contributed by atoms with Crippen LogP contribution in [0, 0.1) is 5.92 Å². The predicted molar refractivity (Wildman–Crippen MR) is 74.6 cm³/mol. The van der Waals surface area contributed by atoms with E-state index < -0.39 is 9.84 Å². The van der Waals surface area contributed by atoms with Gasteiger partial charge in [0.25, 0.3) is 0 Å². The molecular formula is C13H24N2O3S. The third-order valence-corrected chi connectivity index (χ3v) is 4.74. The van der Waals surface area contributed by atoms with E-state index in [1.54, 1.807) is 4.90 Å². The summed E-state index contributed by atoms with van der Waals surface area (Å²) in [6.45, 7) is 3.07. The quantitative estimate of drug-likeness (QED) is 0.702. The number of hydrogen-bond donors (Lipinski definition) is 1. The second-order valence-electron chi connectivity index (χ2n) is 6.05. The number of hydrogen-bond acceptors (Lipinski definition) is 4. The van der Waals surface area contributed by atoms with Gasteiger partial charge in [-0.1, -0.05) is 0 Å². The van der Waals surface area contributed by atoms with Crippen LogP contribution in [0.1, 0.15) is 32.6 Å². The average Bonchev–Trinajstić information content (AvgIpc) is 3.09. The van der Waals surface area contributed by atoms with Crippen LogP contribution in [0.5, 0.6) is 0 Å². The second-order valence-corrected chi connectivity index (χ2v) is 8.23. The van der Waals surface area contributed by atoms with Gasteiger partial charge in [-0.25, -0.2) is 8.42 Å². The topological polar surface area (TPSA) is 66.5 Å². The van der Waals surface area contributed by atoms with Gasteiger partial charge in [-0.3, -0.25) is 4.79 Å². The van der Waals surface area contributed by atoms with Crippen LogP contribution in [0.4, 0.5) is 0 Å². The SMILES string of the molecule is CC(CS(C)(=O)=O)N(C(=O)CNCC1CC1)C1CC1. The smallest absolute Gasteiger partial charge is 0.237 e. The zero-order chi connectivity index (χ0) is 14.0. The Morgan fingerprint density at radius 1 is 1.32 bits per heavy atom. The molecule has 1 unspecified atom stereocenters. The molecule has 0 heterocycles. The third-order valence-electron chi connectivity index (χ3n) is 3.65. The fourth-order valence-electron chi connectivity index (χ4n) is 2.48. The Kier molecular flexibility index (Phi) is 4.50. The predicted octanol–water partition coefficient (Wildman–Crippen LogP) is 0.410. The first-order chi connectivity index (χ1) is 8.87. The maximum absolute atomic E-state index is 12.2. The minimum Gasteiger partial charge on any atom is -0.335 e. The van der Waals surface area contributed by atoms with Crippen molar-refractivity contribution in [3.63, 3.8) is 0 Å². The standard InChI is InChI=1S/C13H24N2O3S/c1-10(9-19(2,17)18)15(12-5-6-12)13(16)8-14-7-11-3-4-11/h10-12,14H,3-9H2,1-2H3. The Labute approximate surface area is 115 Å². The van der Waals surface area contributed by atoms with E-state index >= 15 is 0 Å². The van der Waals surface area contributed by atoms with E-state index in [1.165, 1.54) is 19.1 Å². The summed E-state index contributed by atoms with van der Waals surface area (Å²) in [6.07, 6.45) is 5.76. The lowest BCUT2D eigenvalue weighted by Gasteiger charge is -2.29. The van der Waals surface area contributed by atoms with Crippen LogP contribution in [0.2, 0.25) is 0 Å².